The Morgan fingerprint density at radius 2 is 1.89 bits per heavy atom. The third-order valence-electron chi connectivity index (χ3n) is 4.67. The fraction of sp³-hybridized carbons (Fsp3) is 0.500. The standard InChI is InChI=1S/C16H23N3/c1-12-15(13-7-5-6-8-14(13)17-12)16(2)11-18(3)9-10-19(16)4/h5-8,17H,9-11H2,1-4H3. The van der Waals surface area contributed by atoms with Gasteiger partial charge in [0.25, 0.3) is 0 Å². The van der Waals surface area contributed by atoms with Crippen LogP contribution in [0.5, 0.6) is 0 Å². The van der Waals surface area contributed by atoms with Crippen molar-refractivity contribution < 1.29 is 0 Å². The van der Waals surface area contributed by atoms with E-state index >= 15 is 0 Å². The number of nitrogens with one attached hydrogen (secondary N) is 1. The summed E-state index contributed by atoms with van der Waals surface area (Å²) in [5.74, 6) is 0. The molecule has 0 saturated carbocycles. The van der Waals surface area contributed by atoms with Gasteiger partial charge in [0.15, 0.2) is 0 Å². The van der Waals surface area contributed by atoms with Crippen molar-refractivity contribution >= 4 is 10.9 Å². The molecule has 102 valence electrons. The molecule has 1 aromatic carbocycles. The van der Waals surface area contributed by atoms with Crippen molar-refractivity contribution in [3.05, 3.63) is 35.5 Å². The predicted octanol–water partition coefficient (Wildman–Crippen LogP) is 2.57. The van der Waals surface area contributed by atoms with Crippen molar-refractivity contribution in [3.63, 3.8) is 0 Å². The second-order valence-electron chi connectivity index (χ2n) is 6.10. The lowest BCUT2D eigenvalue weighted by atomic mass is 9.86. The lowest BCUT2D eigenvalue weighted by molar-refractivity contribution is 0.0386. The van der Waals surface area contributed by atoms with Gasteiger partial charge < -0.3 is 9.88 Å². The van der Waals surface area contributed by atoms with Crippen LogP contribution < -0.4 is 0 Å². The number of piperazine rings is 1. The summed E-state index contributed by atoms with van der Waals surface area (Å²) in [6.45, 7) is 7.90. The molecule has 1 saturated heterocycles. The average molecular weight is 257 g/mol. The fourth-order valence-electron chi connectivity index (χ4n) is 3.53. The van der Waals surface area contributed by atoms with Gasteiger partial charge in [-0.1, -0.05) is 18.2 Å². The Hall–Kier alpha value is -1.32. The molecule has 19 heavy (non-hydrogen) atoms. The number of fused-ring (bicyclic) bond motifs is 1. The van der Waals surface area contributed by atoms with Gasteiger partial charge in [-0.3, -0.25) is 4.90 Å². The highest BCUT2D eigenvalue weighted by Crippen LogP contribution is 2.37. The number of para-hydroxylation sites is 1. The highest BCUT2D eigenvalue weighted by atomic mass is 15.3. The van der Waals surface area contributed by atoms with Gasteiger partial charge in [0, 0.05) is 41.8 Å². The molecular weight excluding hydrogens is 234 g/mol. The molecular formula is C16H23N3. The summed E-state index contributed by atoms with van der Waals surface area (Å²) in [6, 6.07) is 8.64. The first-order valence-electron chi connectivity index (χ1n) is 7.00. The molecule has 0 radical (unpaired) electrons. The van der Waals surface area contributed by atoms with Gasteiger partial charge in [0.1, 0.15) is 0 Å². The first-order valence-corrected chi connectivity index (χ1v) is 7.00. The van der Waals surface area contributed by atoms with Gasteiger partial charge in [0.05, 0.1) is 5.54 Å². The second-order valence-corrected chi connectivity index (χ2v) is 6.10. The minimum atomic E-state index is 0.0800. The fourth-order valence-corrected chi connectivity index (χ4v) is 3.53. The lowest BCUT2D eigenvalue weighted by Gasteiger charge is -2.47. The van der Waals surface area contributed by atoms with E-state index < -0.39 is 0 Å². The van der Waals surface area contributed by atoms with E-state index in [2.05, 4.69) is 67.0 Å². The smallest absolute Gasteiger partial charge is 0.0581 e. The monoisotopic (exact) mass is 257 g/mol. The molecule has 1 aromatic heterocycles. The van der Waals surface area contributed by atoms with Crippen molar-refractivity contribution in [2.45, 2.75) is 19.4 Å². The summed E-state index contributed by atoms with van der Waals surface area (Å²) in [4.78, 5) is 8.47. The molecule has 0 amide bonds. The summed E-state index contributed by atoms with van der Waals surface area (Å²) in [7, 11) is 4.46. The Morgan fingerprint density at radius 1 is 1.16 bits per heavy atom. The molecule has 2 heterocycles. The van der Waals surface area contributed by atoms with E-state index in [0.29, 0.717) is 0 Å². The van der Waals surface area contributed by atoms with Crippen molar-refractivity contribution in [2.75, 3.05) is 33.7 Å². The number of aryl methyl sites for hydroxylation is 1. The topological polar surface area (TPSA) is 22.3 Å². The molecule has 1 aliphatic heterocycles. The third kappa shape index (κ3) is 1.88. The number of aromatic amines is 1. The van der Waals surface area contributed by atoms with E-state index in [-0.39, 0.29) is 5.54 Å². The van der Waals surface area contributed by atoms with E-state index in [1.165, 1.54) is 22.2 Å². The number of H-pyrrole nitrogens is 1. The van der Waals surface area contributed by atoms with Crippen LogP contribution in [0.4, 0.5) is 0 Å². The number of likely N-dealkylation sites (N-methyl/N-ethyl adjacent to an activating group) is 2. The molecule has 1 aliphatic rings. The Labute approximate surface area is 115 Å². The first kappa shape index (κ1) is 12.7. The summed E-state index contributed by atoms with van der Waals surface area (Å²) >= 11 is 0. The predicted molar refractivity (Wildman–Crippen MR) is 80.5 cm³/mol. The number of nitrogens with zero attached hydrogens (tertiary/aromatic N) is 2. The van der Waals surface area contributed by atoms with Gasteiger partial charge in [0.2, 0.25) is 0 Å². The van der Waals surface area contributed by atoms with Crippen molar-refractivity contribution in [1.82, 2.24) is 14.8 Å². The molecule has 3 rings (SSSR count). The summed E-state index contributed by atoms with van der Waals surface area (Å²) in [5, 5.41) is 1.37. The van der Waals surface area contributed by atoms with Crippen LogP contribution in [0.1, 0.15) is 18.2 Å². The number of benzene rings is 1. The van der Waals surface area contributed by atoms with Crippen LogP contribution in [0.3, 0.4) is 0 Å². The van der Waals surface area contributed by atoms with E-state index in [4.69, 9.17) is 0 Å². The maximum atomic E-state index is 3.54. The molecule has 2 aromatic rings. The van der Waals surface area contributed by atoms with Gasteiger partial charge in [-0.25, -0.2) is 0 Å². The number of hydrogen-bond donors (Lipinski definition) is 1. The van der Waals surface area contributed by atoms with Crippen molar-refractivity contribution in [1.29, 1.82) is 0 Å². The minimum absolute atomic E-state index is 0.0800. The van der Waals surface area contributed by atoms with Crippen LogP contribution in [-0.4, -0.2) is 48.5 Å². The van der Waals surface area contributed by atoms with E-state index in [1.54, 1.807) is 0 Å². The van der Waals surface area contributed by atoms with E-state index in [9.17, 15) is 0 Å². The minimum Gasteiger partial charge on any atom is -0.358 e. The number of aromatic nitrogens is 1. The van der Waals surface area contributed by atoms with Crippen molar-refractivity contribution in [2.24, 2.45) is 0 Å². The van der Waals surface area contributed by atoms with Crippen LogP contribution in [-0.2, 0) is 5.54 Å². The molecule has 1 unspecified atom stereocenters. The number of rotatable bonds is 1. The second kappa shape index (κ2) is 4.36. The molecule has 0 spiro atoms. The van der Waals surface area contributed by atoms with Crippen LogP contribution in [0.2, 0.25) is 0 Å². The average Bonchev–Trinajstić information content (AvgIpc) is 2.70. The molecule has 0 bridgehead atoms. The van der Waals surface area contributed by atoms with Gasteiger partial charge in [-0.05, 0) is 34.0 Å². The Balaban J connectivity index is 2.19. The highest BCUT2D eigenvalue weighted by molar-refractivity contribution is 5.85. The van der Waals surface area contributed by atoms with Gasteiger partial charge in [-0.2, -0.15) is 0 Å². The highest BCUT2D eigenvalue weighted by Gasteiger charge is 2.38. The zero-order chi connectivity index (χ0) is 13.6. The van der Waals surface area contributed by atoms with Crippen LogP contribution in [0.15, 0.2) is 24.3 Å². The Kier molecular flexibility index (Phi) is 2.91. The SMILES string of the molecule is Cc1[nH]c2ccccc2c1C1(C)CN(C)CCN1C. The molecule has 3 heteroatoms. The summed E-state index contributed by atoms with van der Waals surface area (Å²) in [5.41, 5.74) is 4.08. The number of hydrogen-bond acceptors (Lipinski definition) is 2. The zero-order valence-corrected chi connectivity index (χ0v) is 12.3. The maximum absolute atomic E-state index is 3.54. The van der Waals surface area contributed by atoms with Crippen molar-refractivity contribution in [3.8, 4) is 0 Å². The third-order valence-corrected chi connectivity index (χ3v) is 4.67. The Morgan fingerprint density at radius 3 is 2.68 bits per heavy atom. The zero-order valence-electron chi connectivity index (χ0n) is 12.3. The maximum Gasteiger partial charge on any atom is 0.0581 e. The lowest BCUT2D eigenvalue weighted by Crippen LogP contribution is -2.56. The van der Waals surface area contributed by atoms with Crippen LogP contribution in [0, 0.1) is 6.92 Å². The van der Waals surface area contributed by atoms with Crippen LogP contribution >= 0.6 is 0 Å². The molecule has 3 nitrogen and oxygen atoms in total. The molecule has 1 fully saturated rings. The molecule has 0 aliphatic carbocycles. The van der Waals surface area contributed by atoms with E-state index in [0.717, 1.165) is 19.6 Å². The van der Waals surface area contributed by atoms with Crippen LogP contribution in [0.25, 0.3) is 10.9 Å². The first-order chi connectivity index (χ1) is 9.02. The molecule has 1 atom stereocenters. The Bertz CT molecular complexity index is 601. The summed E-state index contributed by atoms with van der Waals surface area (Å²) in [6.07, 6.45) is 0. The quantitative estimate of drug-likeness (QED) is 0.848. The normalized spacial score (nSPS) is 26.1. The largest absolute Gasteiger partial charge is 0.358 e. The summed E-state index contributed by atoms with van der Waals surface area (Å²) < 4.78 is 0. The van der Waals surface area contributed by atoms with Gasteiger partial charge in [-0.15, -0.1) is 0 Å². The van der Waals surface area contributed by atoms with E-state index in [1.807, 2.05) is 0 Å². The molecule has 1 N–H and O–H groups in total. The van der Waals surface area contributed by atoms with Gasteiger partial charge >= 0.3 is 0 Å².